The summed E-state index contributed by atoms with van der Waals surface area (Å²) in [7, 11) is 0. The summed E-state index contributed by atoms with van der Waals surface area (Å²) in [5.74, 6) is -0.279. The van der Waals surface area contributed by atoms with Gasteiger partial charge in [-0.2, -0.15) is 0 Å². The van der Waals surface area contributed by atoms with Crippen LogP contribution >= 0.6 is 11.6 Å². The van der Waals surface area contributed by atoms with E-state index in [0.717, 1.165) is 24.9 Å². The van der Waals surface area contributed by atoms with Gasteiger partial charge in [0.05, 0.1) is 5.02 Å². The van der Waals surface area contributed by atoms with Gasteiger partial charge in [-0.05, 0) is 44.9 Å². The van der Waals surface area contributed by atoms with Gasteiger partial charge in [-0.3, -0.25) is 0 Å². The van der Waals surface area contributed by atoms with Gasteiger partial charge in [0, 0.05) is 11.1 Å². The third kappa shape index (κ3) is 1.88. The minimum Gasteiger partial charge on any atom is -0.308 e. The van der Waals surface area contributed by atoms with Crippen LogP contribution in [0, 0.1) is 12.7 Å². The highest BCUT2D eigenvalue weighted by Crippen LogP contribution is 2.34. The Balaban J connectivity index is 2.51. The van der Waals surface area contributed by atoms with Gasteiger partial charge in [-0.15, -0.1) is 0 Å². The van der Waals surface area contributed by atoms with Crippen molar-refractivity contribution in [2.75, 3.05) is 6.54 Å². The number of halogens is 2. The summed E-state index contributed by atoms with van der Waals surface area (Å²) >= 11 is 5.86. The zero-order valence-electron chi connectivity index (χ0n) is 9.03. The van der Waals surface area contributed by atoms with Crippen LogP contribution in [0.2, 0.25) is 5.02 Å². The first kappa shape index (κ1) is 10.9. The molecular weight excluding hydrogens is 213 g/mol. The molecule has 1 atom stereocenters. The van der Waals surface area contributed by atoms with Gasteiger partial charge in [-0.1, -0.05) is 17.7 Å². The summed E-state index contributed by atoms with van der Waals surface area (Å²) in [6.45, 7) is 4.92. The van der Waals surface area contributed by atoms with E-state index in [2.05, 4.69) is 5.32 Å². The van der Waals surface area contributed by atoms with Gasteiger partial charge in [0.25, 0.3) is 0 Å². The van der Waals surface area contributed by atoms with Crippen molar-refractivity contribution >= 4 is 11.6 Å². The smallest absolute Gasteiger partial charge is 0.146 e. The molecule has 1 unspecified atom stereocenters. The molecule has 1 fully saturated rings. The van der Waals surface area contributed by atoms with Gasteiger partial charge in [0.2, 0.25) is 0 Å². The molecule has 0 radical (unpaired) electrons. The van der Waals surface area contributed by atoms with E-state index in [-0.39, 0.29) is 16.4 Å². The van der Waals surface area contributed by atoms with Crippen LogP contribution < -0.4 is 5.32 Å². The van der Waals surface area contributed by atoms with Crippen LogP contribution in [-0.4, -0.2) is 6.54 Å². The number of hydrogen-bond donors (Lipinski definition) is 1. The van der Waals surface area contributed by atoms with Crippen molar-refractivity contribution < 1.29 is 4.39 Å². The molecule has 1 saturated heterocycles. The summed E-state index contributed by atoms with van der Waals surface area (Å²) in [5.41, 5.74) is 1.45. The fraction of sp³-hybridized carbons (Fsp3) is 0.500. The highest BCUT2D eigenvalue weighted by atomic mass is 35.5. The van der Waals surface area contributed by atoms with Gasteiger partial charge < -0.3 is 5.32 Å². The maximum absolute atomic E-state index is 13.9. The first-order valence-electron chi connectivity index (χ1n) is 5.24. The quantitative estimate of drug-likeness (QED) is 0.776. The predicted molar refractivity (Wildman–Crippen MR) is 60.7 cm³/mol. The Hall–Kier alpha value is -0.600. The van der Waals surface area contributed by atoms with Crippen molar-refractivity contribution in [3.63, 3.8) is 0 Å². The molecule has 2 rings (SSSR count). The molecule has 1 aliphatic heterocycles. The lowest BCUT2D eigenvalue weighted by molar-refractivity contribution is 0.410. The van der Waals surface area contributed by atoms with E-state index in [4.69, 9.17) is 11.6 Å². The van der Waals surface area contributed by atoms with Crippen LogP contribution in [0.15, 0.2) is 12.1 Å². The second kappa shape index (κ2) is 3.76. The molecule has 0 amide bonds. The molecule has 0 aliphatic carbocycles. The van der Waals surface area contributed by atoms with Crippen LogP contribution in [0.4, 0.5) is 4.39 Å². The summed E-state index contributed by atoms with van der Waals surface area (Å²) in [6, 6.07) is 3.55. The molecule has 0 aromatic heterocycles. The van der Waals surface area contributed by atoms with Crippen molar-refractivity contribution in [1.29, 1.82) is 0 Å². The van der Waals surface area contributed by atoms with Gasteiger partial charge >= 0.3 is 0 Å². The maximum atomic E-state index is 13.9. The van der Waals surface area contributed by atoms with Crippen molar-refractivity contribution in [3.05, 3.63) is 34.1 Å². The summed E-state index contributed by atoms with van der Waals surface area (Å²) in [5, 5.41) is 3.57. The van der Waals surface area contributed by atoms with E-state index in [9.17, 15) is 4.39 Å². The zero-order valence-corrected chi connectivity index (χ0v) is 9.79. The van der Waals surface area contributed by atoms with Crippen molar-refractivity contribution in [1.82, 2.24) is 5.32 Å². The Labute approximate surface area is 94.6 Å². The molecule has 1 heterocycles. The lowest BCUT2D eigenvalue weighted by atomic mass is 9.89. The Morgan fingerprint density at radius 2 is 2.20 bits per heavy atom. The summed E-state index contributed by atoms with van der Waals surface area (Å²) in [4.78, 5) is 0. The standard InChI is InChI=1S/C12H15ClFN/c1-8-6-9(11(14)10(13)7-8)12(2)4-3-5-15-12/h6-7,15H,3-5H2,1-2H3. The Morgan fingerprint density at radius 3 is 2.80 bits per heavy atom. The van der Waals surface area contributed by atoms with Gasteiger partial charge in [0.15, 0.2) is 0 Å². The van der Waals surface area contributed by atoms with Crippen LogP contribution in [0.3, 0.4) is 0 Å². The minimum absolute atomic E-state index is 0.222. The van der Waals surface area contributed by atoms with Crippen LogP contribution in [0.5, 0.6) is 0 Å². The fourth-order valence-corrected chi connectivity index (χ4v) is 2.52. The average molecular weight is 228 g/mol. The molecule has 1 N–H and O–H groups in total. The van der Waals surface area contributed by atoms with E-state index >= 15 is 0 Å². The molecule has 0 saturated carbocycles. The Kier molecular flexibility index (Phi) is 2.73. The van der Waals surface area contributed by atoms with Crippen molar-refractivity contribution in [2.24, 2.45) is 0 Å². The fourth-order valence-electron chi connectivity index (χ4n) is 2.25. The number of nitrogens with one attached hydrogen (secondary N) is 1. The first-order chi connectivity index (χ1) is 7.03. The number of benzene rings is 1. The van der Waals surface area contributed by atoms with E-state index in [0.29, 0.717) is 5.56 Å². The molecule has 82 valence electrons. The molecule has 1 aliphatic rings. The normalized spacial score (nSPS) is 25.9. The van der Waals surface area contributed by atoms with Crippen LogP contribution in [0.1, 0.15) is 30.9 Å². The minimum atomic E-state index is -0.279. The molecule has 1 nitrogen and oxygen atoms in total. The molecular formula is C12H15ClFN. The van der Waals surface area contributed by atoms with Crippen molar-refractivity contribution in [3.8, 4) is 0 Å². The zero-order chi connectivity index (χ0) is 11.1. The monoisotopic (exact) mass is 227 g/mol. The molecule has 0 spiro atoms. The molecule has 1 aromatic carbocycles. The second-order valence-electron chi connectivity index (χ2n) is 4.47. The maximum Gasteiger partial charge on any atom is 0.146 e. The Morgan fingerprint density at radius 1 is 1.47 bits per heavy atom. The van der Waals surface area contributed by atoms with E-state index < -0.39 is 0 Å². The van der Waals surface area contributed by atoms with Crippen LogP contribution in [-0.2, 0) is 5.54 Å². The summed E-state index contributed by atoms with van der Waals surface area (Å²) < 4.78 is 13.9. The predicted octanol–water partition coefficient (Wildman–Crippen LogP) is 3.39. The SMILES string of the molecule is Cc1cc(Cl)c(F)c(C2(C)CCCN2)c1. The van der Waals surface area contributed by atoms with Gasteiger partial charge in [-0.25, -0.2) is 4.39 Å². The number of aryl methyl sites for hydroxylation is 1. The largest absolute Gasteiger partial charge is 0.308 e. The highest BCUT2D eigenvalue weighted by Gasteiger charge is 2.33. The Bertz CT molecular complexity index is 383. The lowest BCUT2D eigenvalue weighted by Crippen LogP contribution is -2.34. The molecule has 1 aromatic rings. The van der Waals surface area contributed by atoms with E-state index in [1.807, 2.05) is 19.9 Å². The number of rotatable bonds is 1. The third-order valence-corrected chi connectivity index (χ3v) is 3.41. The average Bonchev–Trinajstić information content (AvgIpc) is 2.59. The molecule has 15 heavy (non-hydrogen) atoms. The highest BCUT2D eigenvalue weighted by molar-refractivity contribution is 6.30. The van der Waals surface area contributed by atoms with E-state index in [1.54, 1.807) is 6.07 Å². The van der Waals surface area contributed by atoms with E-state index in [1.165, 1.54) is 0 Å². The van der Waals surface area contributed by atoms with Crippen molar-refractivity contribution in [2.45, 2.75) is 32.2 Å². The summed E-state index contributed by atoms with van der Waals surface area (Å²) in [6.07, 6.45) is 2.05. The first-order valence-corrected chi connectivity index (χ1v) is 5.62. The topological polar surface area (TPSA) is 12.0 Å². The van der Waals surface area contributed by atoms with Gasteiger partial charge in [0.1, 0.15) is 5.82 Å². The van der Waals surface area contributed by atoms with Crippen LogP contribution in [0.25, 0.3) is 0 Å². The molecule has 3 heteroatoms. The number of hydrogen-bond acceptors (Lipinski definition) is 1. The second-order valence-corrected chi connectivity index (χ2v) is 4.88. The molecule has 0 bridgehead atoms. The third-order valence-electron chi connectivity index (χ3n) is 3.14. The lowest BCUT2D eigenvalue weighted by Gasteiger charge is -2.26.